The van der Waals surface area contributed by atoms with Gasteiger partial charge >= 0.3 is 5.71 Å². The number of carbonyl (C=O) groups excluding carboxylic acids is 1. The van der Waals surface area contributed by atoms with E-state index in [0.717, 1.165) is 5.92 Å². The van der Waals surface area contributed by atoms with Gasteiger partial charge in [0.2, 0.25) is 0 Å². The Hall–Kier alpha value is -0.920. The Morgan fingerprint density at radius 2 is 1.96 bits per heavy atom. The van der Waals surface area contributed by atoms with E-state index in [4.69, 9.17) is 4.74 Å². The van der Waals surface area contributed by atoms with E-state index < -0.39 is 0 Å². The van der Waals surface area contributed by atoms with Crippen LogP contribution in [-0.2, 0) is 0 Å². The standard InChI is InChI=1S/C20H32NO2P/c1-15(13-17-9-6-5-7-10-17)24-20(22)23-19-12-8-11-18(14-19)16(2)21(3)4/h8,11-12,14-17,24H,5-7,9-10,13H2,1-4H3. The van der Waals surface area contributed by atoms with Gasteiger partial charge in [0.05, 0.1) is 0 Å². The van der Waals surface area contributed by atoms with E-state index >= 15 is 0 Å². The molecule has 4 heteroatoms. The van der Waals surface area contributed by atoms with Crippen molar-refractivity contribution < 1.29 is 9.53 Å². The van der Waals surface area contributed by atoms with E-state index in [9.17, 15) is 4.79 Å². The summed E-state index contributed by atoms with van der Waals surface area (Å²) in [5.74, 6) is 1.49. The number of rotatable bonds is 7. The van der Waals surface area contributed by atoms with Crippen molar-refractivity contribution in [2.75, 3.05) is 14.1 Å². The number of benzene rings is 1. The van der Waals surface area contributed by atoms with Gasteiger partial charge in [0.1, 0.15) is 5.75 Å². The second kappa shape index (κ2) is 9.53. The predicted octanol–water partition coefficient (Wildman–Crippen LogP) is 5.85. The quantitative estimate of drug-likeness (QED) is 0.579. The minimum Gasteiger partial charge on any atom is -0.424 e. The van der Waals surface area contributed by atoms with Gasteiger partial charge in [0.15, 0.2) is 0 Å². The molecule has 0 aliphatic heterocycles. The Labute approximate surface area is 148 Å². The first-order valence-electron chi connectivity index (χ1n) is 9.20. The summed E-state index contributed by atoms with van der Waals surface area (Å²) in [6, 6.07) is 8.21. The van der Waals surface area contributed by atoms with Crippen LogP contribution < -0.4 is 4.74 Å². The lowest BCUT2D eigenvalue weighted by Gasteiger charge is -2.24. The first kappa shape index (κ1) is 19.4. The molecule has 0 aromatic heterocycles. The van der Waals surface area contributed by atoms with Crippen molar-refractivity contribution in [3.8, 4) is 5.75 Å². The average Bonchev–Trinajstić information content (AvgIpc) is 2.54. The lowest BCUT2D eigenvalue weighted by Crippen LogP contribution is -2.16. The largest absolute Gasteiger partial charge is 0.424 e. The van der Waals surface area contributed by atoms with Gasteiger partial charge in [-0.15, -0.1) is 0 Å². The maximum absolute atomic E-state index is 12.3. The Kier molecular flexibility index (Phi) is 7.71. The molecule has 0 saturated heterocycles. The average molecular weight is 349 g/mol. The summed E-state index contributed by atoms with van der Waals surface area (Å²) in [7, 11) is 4.35. The number of hydrogen-bond donors (Lipinski definition) is 0. The van der Waals surface area contributed by atoms with Gasteiger partial charge in [-0.05, 0) is 65.3 Å². The van der Waals surface area contributed by atoms with E-state index in [-0.39, 0.29) is 14.3 Å². The molecule has 0 radical (unpaired) electrons. The zero-order valence-corrected chi connectivity index (χ0v) is 16.5. The SMILES string of the molecule is CC(CC1CCCCC1)PC(=O)Oc1cccc(C(C)N(C)C)c1. The zero-order chi connectivity index (χ0) is 17.5. The van der Waals surface area contributed by atoms with Crippen LogP contribution in [0.25, 0.3) is 0 Å². The van der Waals surface area contributed by atoms with Crippen molar-refractivity contribution in [3.63, 3.8) is 0 Å². The van der Waals surface area contributed by atoms with Crippen LogP contribution in [0.5, 0.6) is 5.75 Å². The second-order valence-corrected chi connectivity index (χ2v) is 9.07. The monoisotopic (exact) mass is 349 g/mol. The molecule has 134 valence electrons. The minimum atomic E-state index is -0.0760. The zero-order valence-electron chi connectivity index (χ0n) is 15.5. The number of carbonyl (C=O) groups is 1. The van der Waals surface area contributed by atoms with Crippen molar-refractivity contribution in [2.45, 2.75) is 64.1 Å². The maximum Gasteiger partial charge on any atom is 0.328 e. The van der Waals surface area contributed by atoms with Crippen LogP contribution in [0.3, 0.4) is 0 Å². The molecule has 2 rings (SSSR count). The van der Waals surface area contributed by atoms with Crippen molar-refractivity contribution in [1.82, 2.24) is 4.90 Å². The van der Waals surface area contributed by atoms with Gasteiger partial charge < -0.3 is 9.64 Å². The second-order valence-electron chi connectivity index (χ2n) is 7.39. The molecule has 3 nitrogen and oxygen atoms in total. The molecule has 3 unspecified atom stereocenters. The highest BCUT2D eigenvalue weighted by atomic mass is 31.1. The fourth-order valence-electron chi connectivity index (χ4n) is 3.46. The summed E-state index contributed by atoms with van der Waals surface area (Å²) in [6.07, 6.45) is 7.97. The topological polar surface area (TPSA) is 29.5 Å². The van der Waals surface area contributed by atoms with E-state index in [1.54, 1.807) is 0 Å². The molecule has 0 spiro atoms. The molecule has 1 aromatic rings. The van der Waals surface area contributed by atoms with Crippen LogP contribution in [-0.4, -0.2) is 30.4 Å². The molecule has 3 atom stereocenters. The summed E-state index contributed by atoms with van der Waals surface area (Å²) in [5.41, 5.74) is 1.53. The van der Waals surface area contributed by atoms with Gasteiger partial charge in [-0.3, -0.25) is 0 Å². The van der Waals surface area contributed by atoms with E-state index in [1.165, 1.54) is 44.1 Å². The fraction of sp³-hybridized carbons (Fsp3) is 0.650. The number of nitrogens with zero attached hydrogens (tertiary/aromatic N) is 1. The summed E-state index contributed by atoms with van der Waals surface area (Å²) in [6.45, 7) is 4.34. The normalized spacial score (nSPS) is 18.9. The van der Waals surface area contributed by atoms with Gasteiger partial charge in [-0.2, -0.15) is 0 Å². The molecule has 24 heavy (non-hydrogen) atoms. The predicted molar refractivity (Wildman–Crippen MR) is 104 cm³/mol. The maximum atomic E-state index is 12.3. The third-order valence-corrected chi connectivity index (χ3v) is 6.17. The Morgan fingerprint density at radius 3 is 2.62 bits per heavy atom. The first-order chi connectivity index (χ1) is 11.5. The van der Waals surface area contributed by atoms with Crippen LogP contribution in [0.15, 0.2) is 24.3 Å². The summed E-state index contributed by atoms with van der Waals surface area (Å²) < 4.78 is 5.60. The van der Waals surface area contributed by atoms with E-state index in [1.807, 2.05) is 18.2 Å². The molecule has 0 bridgehead atoms. The minimum absolute atomic E-state index is 0.0760. The third kappa shape index (κ3) is 6.18. The fourth-order valence-corrected chi connectivity index (χ4v) is 4.49. The van der Waals surface area contributed by atoms with Gasteiger partial charge in [0, 0.05) is 6.04 Å². The van der Waals surface area contributed by atoms with Crippen molar-refractivity contribution in [3.05, 3.63) is 29.8 Å². The summed E-state index contributed by atoms with van der Waals surface area (Å²) in [5, 5.41) is 0. The first-order valence-corrected chi connectivity index (χ1v) is 10.3. The van der Waals surface area contributed by atoms with Crippen LogP contribution in [0, 0.1) is 5.92 Å². The number of ether oxygens (including phenoxy) is 1. The lowest BCUT2D eigenvalue weighted by atomic mass is 9.86. The number of hydrogen-bond acceptors (Lipinski definition) is 3. The summed E-state index contributed by atoms with van der Waals surface area (Å²) >= 11 is 0. The molecule has 0 N–H and O–H groups in total. The van der Waals surface area contributed by atoms with E-state index in [0.29, 0.717) is 17.5 Å². The van der Waals surface area contributed by atoms with Crippen LogP contribution >= 0.6 is 8.58 Å². The molecule has 0 amide bonds. The molecule has 1 aliphatic rings. The Morgan fingerprint density at radius 1 is 1.25 bits per heavy atom. The third-order valence-electron chi connectivity index (χ3n) is 5.10. The Bertz CT molecular complexity index is 526. The van der Waals surface area contributed by atoms with Crippen LogP contribution in [0.2, 0.25) is 0 Å². The van der Waals surface area contributed by atoms with Crippen LogP contribution in [0.4, 0.5) is 4.79 Å². The molecule has 1 aromatic carbocycles. The molecule has 1 fully saturated rings. The summed E-state index contributed by atoms with van der Waals surface area (Å²) in [4.78, 5) is 14.4. The van der Waals surface area contributed by atoms with Gasteiger partial charge in [-0.25, -0.2) is 4.79 Å². The highest BCUT2D eigenvalue weighted by Crippen LogP contribution is 2.34. The molecule has 0 heterocycles. The smallest absolute Gasteiger partial charge is 0.328 e. The van der Waals surface area contributed by atoms with Crippen molar-refractivity contribution >= 4 is 14.3 Å². The Balaban J connectivity index is 1.84. The van der Waals surface area contributed by atoms with Gasteiger partial charge in [-0.1, -0.05) is 51.2 Å². The molecular formula is C20H32NO2P. The van der Waals surface area contributed by atoms with Crippen molar-refractivity contribution in [1.29, 1.82) is 0 Å². The highest BCUT2D eigenvalue weighted by Gasteiger charge is 2.19. The van der Waals surface area contributed by atoms with Crippen LogP contribution in [0.1, 0.15) is 64.0 Å². The molecular weight excluding hydrogens is 317 g/mol. The molecule has 1 saturated carbocycles. The molecule has 1 aliphatic carbocycles. The van der Waals surface area contributed by atoms with Crippen molar-refractivity contribution in [2.24, 2.45) is 5.92 Å². The lowest BCUT2D eigenvalue weighted by molar-refractivity contribution is 0.226. The van der Waals surface area contributed by atoms with Gasteiger partial charge in [0.25, 0.3) is 0 Å². The van der Waals surface area contributed by atoms with E-state index in [2.05, 4.69) is 38.9 Å². The highest BCUT2D eigenvalue weighted by molar-refractivity contribution is 7.57.